The number of benzene rings is 1. The largest absolute Gasteiger partial charge is 0.497 e. The van der Waals surface area contributed by atoms with E-state index in [-0.39, 0.29) is 0 Å². The molecule has 3 aliphatic rings. The van der Waals surface area contributed by atoms with Crippen LogP contribution in [0.15, 0.2) is 24.3 Å². The minimum atomic E-state index is 0.315. The Morgan fingerprint density at radius 1 is 1.08 bits per heavy atom. The highest BCUT2D eigenvalue weighted by atomic mass is 16.5. The molecule has 2 aliphatic carbocycles. The Labute approximate surface area is 157 Å². The Morgan fingerprint density at radius 2 is 1.69 bits per heavy atom. The summed E-state index contributed by atoms with van der Waals surface area (Å²) < 4.78 is 5.28. The molecule has 3 atom stereocenters. The molecule has 4 heteroatoms. The fraction of sp³-hybridized carbons (Fsp3) is 0.682. The van der Waals surface area contributed by atoms with Crippen LogP contribution in [0.4, 0.5) is 0 Å². The van der Waals surface area contributed by atoms with Crippen molar-refractivity contribution in [3.8, 4) is 5.75 Å². The van der Waals surface area contributed by atoms with Gasteiger partial charge >= 0.3 is 0 Å². The first-order valence-corrected chi connectivity index (χ1v) is 10.3. The number of likely N-dealkylation sites (tertiary alicyclic amines) is 1. The van der Waals surface area contributed by atoms with Crippen molar-refractivity contribution < 1.29 is 9.53 Å². The Morgan fingerprint density at radius 3 is 2.27 bits per heavy atom. The van der Waals surface area contributed by atoms with Crippen molar-refractivity contribution in [2.45, 2.75) is 51.1 Å². The van der Waals surface area contributed by atoms with Gasteiger partial charge in [-0.1, -0.05) is 25.0 Å². The summed E-state index contributed by atoms with van der Waals surface area (Å²) in [6.45, 7) is 2.93. The number of hydrogen-bond acceptors (Lipinski definition) is 3. The summed E-state index contributed by atoms with van der Waals surface area (Å²) in [6, 6.07) is 8.61. The maximum absolute atomic E-state index is 13.5. The van der Waals surface area contributed by atoms with Crippen LogP contribution in [0.1, 0.15) is 44.1 Å². The number of ether oxygens (including phenoxy) is 1. The Bertz CT molecular complexity index is 610. The van der Waals surface area contributed by atoms with Gasteiger partial charge in [0, 0.05) is 18.5 Å². The first-order valence-electron chi connectivity index (χ1n) is 10.3. The average molecular weight is 357 g/mol. The Hall–Kier alpha value is -1.55. The molecule has 3 fully saturated rings. The lowest BCUT2D eigenvalue weighted by atomic mass is 10.0. The summed E-state index contributed by atoms with van der Waals surface area (Å²) in [7, 11) is 3.87. The molecule has 0 aromatic heterocycles. The van der Waals surface area contributed by atoms with Crippen LogP contribution in [-0.4, -0.2) is 49.0 Å². The fourth-order valence-corrected chi connectivity index (χ4v) is 5.17. The Kier molecular flexibility index (Phi) is 5.21. The highest BCUT2D eigenvalue weighted by Gasteiger charge is 2.56. The fourth-order valence-electron chi connectivity index (χ4n) is 5.17. The molecule has 4 nitrogen and oxygen atoms in total. The van der Waals surface area contributed by atoms with Crippen molar-refractivity contribution in [3.63, 3.8) is 0 Å². The van der Waals surface area contributed by atoms with Gasteiger partial charge < -0.3 is 14.5 Å². The minimum absolute atomic E-state index is 0.315. The molecule has 1 aromatic rings. The van der Waals surface area contributed by atoms with Crippen molar-refractivity contribution in [2.75, 3.05) is 27.2 Å². The van der Waals surface area contributed by atoms with Gasteiger partial charge in [0.2, 0.25) is 5.91 Å². The van der Waals surface area contributed by atoms with Gasteiger partial charge in [0.25, 0.3) is 0 Å². The number of nitrogens with zero attached hydrogens (tertiary/aromatic N) is 2. The van der Waals surface area contributed by atoms with Crippen LogP contribution in [0.25, 0.3) is 0 Å². The van der Waals surface area contributed by atoms with Gasteiger partial charge in [0.1, 0.15) is 5.75 Å². The van der Waals surface area contributed by atoms with E-state index in [1.54, 1.807) is 7.11 Å². The Balaban J connectivity index is 1.50. The number of carbonyl (C=O) groups excluding carboxylic acids is 1. The number of carbonyl (C=O) groups is 1. The molecule has 0 spiro atoms. The first kappa shape index (κ1) is 17.8. The van der Waals surface area contributed by atoms with Crippen LogP contribution < -0.4 is 4.74 Å². The lowest BCUT2D eigenvalue weighted by Crippen LogP contribution is -2.47. The number of rotatable bonds is 5. The summed E-state index contributed by atoms with van der Waals surface area (Å²) in [6.07, 6.45) is 7.37. The summed E-state index contributed by atoms with van der Waals surface area (Å²) in [5.41, 5.74) is 1.21. The van der Waals surface area contributed by atoms with Crippen molar-refractivity contribution >= 4 is 5.91 Å². The van der Waals surface area contributed by atoms with Crippen LogP contribution in [0, 0.1) is 17.8 Å². The van der Waals surface area contributed by atoms with E-state index >= 15 is 0 Å². The highest BCUT2D eigenvalue weighted by Crippen LogP contribution is 2.56. The van der Waals surface area contributed by atoms with Crippen LogP contribution in [-0.2, 0) is 11.3 Å². The quantitative estimate of drug-likeness (QED) is 0.809. The van der Waals surface area contributed by atoms with Crippen LogP contribution >= 0.6 is 0 Å². The van der Waals surface area contributed by atoms with Crippen molar-refractivity contribution in [1.82, 2.24) is 9.80 Å². The van der Waals surface area contributed by atoms with Crippen molar-refractivity contribution in [1.29, 1.82) is 0 Å². The zero-order valence-corrected chi connectivity index (χ0v) is 16.2. The molecule has 26 heavy (non-hydrogen) atoms. The second-order valence-electron chi connectivity index (χ2n) is 8.49. The maximum Gasteiger partial charge on any atom is 0.226 e. The van der Waals surface area contributed by atoms with Gasteiger partial charge in [-0.05, 0) is 75.4 Å². The van der Waals surface area contributed by atoms with E-state index in [0.717, 1.165) is 38.2 Å². The predicted molar refractivity (Wildman–Crippen MR) is 103 cm³/mol. The number of hydrogen-bond donors (Lipinski definition) is 0. The molecule has 1 aromatic carbocycles. The second-order valence-corrected chi connectivity index (χ2v) is 8.49. The molecule has 0 radical (unpaired) electrons. The van der Waals surface area contributed by atoms with Crippen LogP contribution in [0.3, 0.4) is 0 Å². The normalized spacial score (nSPS) is 29.1. The summed E-state index contributed by atoms with van der Waals surface area (Å²) in [4.78, 5) is 18.1. The van der Waals surface area contributed by atoms with Gasteiger partial charge in [-0.2, -0.15) is 0 Å². The topological polar surface area (TPSA) is 32.8 Å². The third-order valence-electron chi connectivity index (χ3n) is 6.87. The third-order valence-corrected chi connectivity index (χ3v) is 6.87. The standard InChI is InChI=1S/C22H32N2O2/c1-23-13-11-17(12-14-23)24(15-16-7-9-18(26-2)10-8-16)22(25)21-19-5-3-4-6-20(19)21/h7-10,17,19-21H,3-6,11-15H2,1-2H3/t19-,20+,21?. The van der Waals surface area contributed by atoms with Crippen molar-refractivity contribution in [2.24, 2.45) is 17.8 Å². The van der Waals surface area contributed by atoms with E-state index in [1.165, 1.54) is 31.2 Å². The van der Waals surface area contributed by atoms with E-state index < -0.39 is 0 Å². The molecule has 1 unspecified atom stereocenters. The van der Waals surface area contributed by atoms with E-state index in [4.69, 9.17) is 4.74 Å². The molecule has 1 aliphatic heterocycles. The third kappa shape index (κ3) is 3.62. The minimum Gasteiger partial charge on any atom is -0.497 e. The van der Waals surface area contributed by atoms with Crippen molar-refractivity contribution in [3.05, 3.63) is 29.8 Å². The summed E-state index contributed by atoms with van der Waals surface area (Å²) >= 11 is 0. The smallest absolute Gasteiger partial charge is 0.226 e. The zero-order valence-electron chi connectivity index (χ0n) is 16.2. The van der Waals surface area contributed by atoms with Gasteiger partial charge in [0.05, 0.1) is 7.11 Å². The summed E-state index contributed by atoms with van der Waals surface area (Å²) in [5, 5.41) is 0. The van der Waals surface area contributed by atoms with Gasteiger partial charge in [0.15, 0.2) is 0 Å². The molecule has 1 saturated heterocycles. The molecule has 1 amide bonds. The van der Waals surface area contributed by atoms with E-state index in [2.05, 4.69) is 29.0 Å². The molecule has 0 bridgehead atoms. The molecule has 142 valence electrons. The molecule has 4 rings (SSSR count). The monoisotopic (exact) mass is 356 g/mol. The zero-order chi connectivity index (χ0) is 18.1. The van der Waals surface area contributed by atoms with E-state index in [0.29, 0.717) is 29.7 Å². The van der Waals surface area contributed by atoms with Gasteiger partial charge in [-0.15, -0.1) is 0 Å². The maximum atomic E-state index is 13.5. The first-order chi connectivity index (χ1) is 12.7. The number of piperidine rings is 1. The van der Waals surface area contributed by atoms with Gasteiger partial charge in [-0.25, -0.2) is 0 Å². The molecule has 0 N–H and O–H groups in total. The number of methoxy groups -OCH3 is 1. The number of fused-ring (bicyclic) bond motifs is 1. The molecular formula is C22H32N2O2. The molecule has 1 heterocycles. The number of amides is 1. The van der Waals surface area contributed by atoms with Gasteiger partial charge in [-0.3, -0.25) is 4.79 Å². The SMILES string of the molecule is COc1ccc(CN(C(=O)C2[C@H]3CCCC[C@@H]23)C2CCN(C)CC2)cc1. The predicted octanol–water partition coefficient (Wildman–Crippen LogP) is 3.55. The van der Waals surface area contributed by atoms with Crippen LogP contribution in [0.5, 0.6) is 5.75 Å². The molecule has 2 saturated carbocycles. The highest BCUT2D eigenvalue weighted by molar-refractivity contribution is 5.82. The van der Waals surface area contributed by atoms with E-state index in [9.17, 15) is 4.79 Å². The second kappa shape index (κ2) is 7.59. The average Bonchev–Trinajstić information content (AvgIpc) is 3.41. The lowest BCUT2D eigenvalue weighted by molar-refractivity contribution is -0.137. The molecular weight excluding hydrogens is 324 g/mol. The van der Waals surface area contributed by atoms with Crippen LogP contribution in [0.2, 0.25) is 0 Å². The van der Waals surface area contributed by atoms with E-state index in [1.807, 2.05) is 12.1 Å². The lowest BCUT2D eigenvalue weighted by Gasteiger charge is -2.38. The summed E-state index contributed by atoms with van der Waals surface area (Å²) in [5.74, 6) is 2.99.